The molecule has 0 saturated carbocycles. The van der Waals surface area contributed by atoms with Gasteiger partial charge in [0.2, 0.25) is 0 Å². The molecule has 0 radical (unpaired) electrons. The number of hydrogen-bond acceptors (Lipinski definition) is 3. The van der Waals surface area contributed by atoms with E-state index in [2.05, 4.69) is 80.2 Å². The van der Waals surface area contributed by atoms with Gasteiger partial charge in [0.25, 0.3) is 0 Å². The maximum absolute atomic E-state index is 11.7. The summed E-state index contributed by atoms with van der Waals surface area (Å²) in [5.41, 5.74) is 8.86. The van der Waals surface area contributed by atoms with E-state index in [0.29, 0.717) is 25.0 Å². The number of aliphatic hydroxyl groups is 1. The third-order valence-corrected chi connectivity index (χ3v) is 5.69. The van der Waals surface area contributed by atoms with Gasteiger partial charge in [0.05, 0.1) is 6.61 Å². The van der Waals surface area contributed by atoms with Gasteiger partial charge in [-0.25, -0.2) is 4.79 Å². The Morgan fingerprint density at radius 1 is 0.875 bits per heavy atom. The second-order valence-electron chi connectivity index (χ2n) is 8.06. The van der Waals surface area contributed by atoms with Gasteiger partial charge in [-0.05, 0) is 65.1 Å². The van der Waals surface area contributed by atoms with Gasteiger partial charge in [0.1, 0.15) is 0 Å². The second kappa shape index (κ2) is 11.4. The quantitative estimate of drug-likeness (QED) is 0.310. The Morgan fingerprint density at radius 2 is 1.56 bits per heavy atom. The zero-order valence-electron chi connectivity index (χ0n) is 19.1. The van der Waals surface area contributed by atoms with E-state index in [1.807, 2.05) is 0 Å². The van der Waals surface area contributed by atoms with Crippen LogP contribution in [0.1, 0.15) is 37.0 Å². The number of hydrogen-bond donors (Lipinski definition) is 1. The summed E-state index contributed by atoms with van der Waals surface area (Å²) in [7, 11) is 0. The molecule has 3 aromatic carbocycles. The molecule has 32 heavy (non-hydrogen) atoms. The summed E-state index contributed by atoms with van der Waals surface area (Å²) in [6.07, 6.45) is 3.15. The molecule has 1 N–H and O–H groups in total. The number of rotatable bonds is 10. The zero-order chi connectivity index (χ0) is 22.9. The normalized spacial score (nSPS) is 10.7. The van der Waals surface area contributed by atoms with E-state index in [9.17, 15) is 9.90 Å². The molecule has 0 unspecified atom stereocenters. The Morgan fingerprint density at radius 3 is 2.25 bits per heavy atom. The van der Waals surface area contributed by atoms with Gasteiger partial charge in [-0.1, -0.05) is 80.2 Å². The summed E-state index contributed by atoms with van der Waals surface area (Å²) >= 11 is 0. The van der Waals surface area contributed by atoms with Crippen LogP contribution < -0.4 is 0 Å². The molecule has 0 saturated heterocycles. The molecule has 3 heteroatoms. The minimum absolute atomic E-state index is 0.159. The number of carbonyl (C=O) groups excluding carboxylic acids is 1. The number of ether oxygens (including phenoxy) is 1. The maximum Gasteiger partial charge on any atom is 0.333 e. The molecule has 0 aromatic heterocycles. The standard InChI is InChI=1S/C29H32O3/c1-4-22-8-5-6-10-28(22)25-14-11-24(12-15-25)26-16-13-23(9-7-18-30)27(20-26)17-19-32-29(31)21(2)3/h5-6,8,10-16,20,30H,2,4,7,9,17-19H2,1,3H3. The van der Waals surface area contributed by atoms with Gasteiger partial charge in [-0.2, -0.15) is 0 Å². The first kappa shape index (κ1) is 23.5. The van der Waals surface area contributed by atoms with Crippen LogP contribution in [-0.2, 0) is 28.8 Å². The van der Waals surface area contributed by atoms with Gasteiger partial charge in [0, 0.05) is 18.6 Å². The average molecular weight is 429 g/mol. The number of benzene rings is 3. The molecule has 0 bridgehead atoms. The fraction of sp³-hybridized carbons (Fsp3) is 0.276. The molecule has 0 heterocycles. The van der Waals surface area contributed by atoms with Crippen LogP contribution in [0.3, 0.4) is 0 Å². The zero-order valence-corrected chi connectivity index (χ0v) is 19.1. The first-order chi connectivity index (χ1) is 15.5. The molecule has 0 aliphatic rings. The molecule has 0 aliphatic heterocycles. The van der Waals surface area contributed by atoms with Gasteiger partial charge in [0.15, 0.2) is 0 Å². The van der Waals surface area contributed by atoms with E-state index < -0.39 is 0 Å². The lowest BCUT2D eigenvalue weighted by atomic mass is 9.93. The molecule has 166 valence electrons. The van der Waals surface area contributed by atoms with Crippen LogP contribution in [0.4, 0.5) is 0 Å². The highest BCUT2D eigenvalue weighted by molar-refractivity contribution is 5.86. The predicted molar refractivity (Wildman–Crippen MR) is 132 cm³/mol. The van der Waals surface area contributed by atoms with Gasteiger partial charge < -0.3 is 9.84 Å². The lowest BCUT2D eigenvalue weighted by Gasteiger charge is -2.13. The van der Waals surface area contributed by atoms with Crippen LogP contribution >= 0.6 is 0 Å². The van der Waals surface area contributed by atoms with Crippen LogP contribution in [0.25, 0.3) is 22.3 Å². The van der Waals surface area contributed by atoms with Crippen molar-refractivity contribution >= 4 is 5.97 Å². The Labute approximate surface area is 191 Å². The van der Waals surface area contributed by atoms with E-state index in [1.54, 1.807) is 6.92 Å². The highest BCUT2D eigenvalue weighted by Crippen LogP contribution is 2.29. The summed E-state index contributed by atoms with van der Waals surface area (Å²) < 4.78 is 5.31. The van der Waals surface area contributed by atoms with Crippen molar-refractivity contribution in [3.8, 4) is 22.3 Å². The topological polar surface area (TPSA) is 46.5 Å². The van der Waals surface area contributed by atoms with Gasteiger partial charge in [-0.15, -0.1) is 0 Å². The Hall–Kier alpha value is -3.17. The first-order valence-electron chi connectivity index (χ1n) is 11.3. The van der Waals surface area contributed by atoms with Crippen molar-refractivity contribution in [1.29, 1.82) is 0 Å². The van der Waals surface area contributed by atoms with E-state index in [-0.39, 0.29) is 12.6 Å². The summed E-state index contributed by atoms with van der Waals surface area (Å²) in [4.78, 5) is 11.7. The summed E-state index contributed by atoms with van der Waals surface area (Å²) in [6, 6.07) is 23.6. The molecular formula is C29H32O3. The van der Waals surface area contributed by atoms with E-state index in [4.69, 9.17) is 4.74 Å². The van der Waals surface area contributed by atoms with Crippen molar-refractivity contribution in [1.82, 2.24) is 0 Å². The molecule has 0 aliphatic carbocycles. The van der Waals surface area contributed by atoms with Crippen molar-refractivity contribution < 1.29 is 14.6 Å². The molecule has 3 rings (SSSR count). The highest BCUT2D eigenvalue weighted by atomic mass is 16.5. The first-order valence-corrected chi connectivity index (χ1v) is 11.3. The minimum atomic E-state index is -0.360. The Balaban J connectivity index is 1.83. The number of aryl methyl sites for hydroxylation is 2. The van der Waals surface area contributed by atoms with E-state index in [1.165, 1.54) is 22.3 Å². The molecule has 3 aromatic rings. The highest BCUT2D eigenvalue weighted by Gasteiger charge is 2.09. The predicted octanol–water partition coefficient (Wildman–Crippen LogP) is 6.17. The summed E-state index contributed by atoms with van der Waals surface area (Å²) in [6.45, 7) is 7.94. The fourth-order valence-electron chi connectivity index (χ4n) is 3.88. The largest absolute Gasteiger partial charge is 0.462 e. The van der Waals surface area contributed by atoms with Crippen LogP contribution in [0, 0.1) is 0 Å². The lowest BCUT2D eigenvalue weighted by molar-refractivity contribution is -0.138. The van der Waals surface area contributed by atoms with Crippen molar-refractivity contribution in [3.05, 3.63) is 95.6 Å². The fourth-order valence-corrected chi connectivity index (χ4v) is 3.88. The van der Waals surface area contributed by atoms with E-state index in [0.717, 1.165) is 29.5 Å². The molecule has 0 atom stereocenters. The minimum Gasteiger partial charge on any atom is -0.462 e. The average Bonchev–Trinajstić information content (AvgIpc) is 2.83. The summed E-state index contributed by atoms with van der Waals surface area (Å²) in [5, 5.41) is 9.24. The SMILES string of the molecule is C=C(C)C(=O)OCCc1cc(-c2ccc(-c3ccccc3CC)cc2)ccc1CCCO. The van der Waals surface area contributed by atoms with Gasteiger partial charge in [-0.3, -0.25) is 0 Å². The third kappa shape index (κ3) is 5.95. The van der Waals surface area contributed by atoms with E-state index >= 15 is 0 Å². The smallest absolute Gasteiger partial charge is 0.333 e. The Bertz CT molecular complexity index is 1060. The second-order valence-corrected chi connectivity index (χ2v) is 8.06. The molecular weight excluding hydrogens is 396 g/mol. The van der Waals surface area contributed by atoms with Crippen molar-refractivity contribution in [3.63, 3.8) is 0 Å². The van der Waals surface area contributed by atoms with Crippen molar-refractivity contribution in [2.24, 2.45) is 0 Å². The Kier molecular flexibility index (Phi) is 8.41. The molecule has 3 nitrogen and oxygen atoms in total. The third-order valence-electron chi connectivity index (χ3n) is 5.69. The van der Waals surface area contributed by atoms with Crippen LogP contribution in [0.5, 0.6) is 0 Å². The number of aliphatic hydroxyl groups excluding tert-OH is 1. The molecule has 0 amide bonds. The van der Waals surface area contributed by atoms with Crippen LogP contribution in [0.15, 0.2) is 78.9 Å². The summed E-state index contributed by atoms with van der Waals surface area (Å²) in [5.74, 6) is -0.360. The lowest BCUT2D eigenvalue weighted by Crippen LogP contribution is -2.09. The van der Waals surface area contributed by atoms with Crippen LogP contribution in [0.2, 0.25) is 0 Å². The van der Waals surface area contributed by atoms with Crippen molar-refractivity contribution in [2.75, 3.05) is 13.2 Å². The monoisotopic (exact) mass is 428 g/mol. The van der Waals surface area contributed by atoms with Crippen molar-refractivity contribution in [2.45, 2.75) is 39.5 Å². The number of esters is 1. The molecule has 0 spiro atoms. The molecule has 0 fully saturated rings. The maximum atomic E-state index is 11.7. The van der Waals surface area contributed by atoms with Crippen LogP contribution in [-0.4, -0.2) is 24.3 Å². The number of carbonyl (C=O) groups is 1. The van der Waals surface area contributed by atoms with Gasteiger partial charge >= 0.3 is 5.97 Å².